The van der Waals surface area contributed by atoms with Crippen molar-refractivity contribution in [2.45, 2.75) is 30.6 Å². The van der Waals surface area contributed by atoms with E-state index in [1.807, 2.05) is 74.5 Å². The van der Waals surface area contributed by atoms with Crippen LogP contribution in [0.1, 0.15) is 31.1 Å². The number of benzene rings is 3. The third-order valence-corrected chi connectivity index (χ3v) is 6.77. The largest absolute Gasteiger partial charge is 0.295 e. The lowest BCUT2D eigenvalue weighted by molar-refractivity contribution is -0.120. The highest BCUT2D eigenvalue weighted by Gasteiger charge is 2.40. The summed E-state index contributed by atoms with van der Waals surface area (Å²) in [7, 11) is 0. The Labute approximate surface area is 196 Å². The molecule has 0 saturated heterocycles. The van der Waals surface area contributed by atoms with Gasteiger partial charge in [-0.3, -0.25) is 14.4 Å². The molecule has 0 atom stereocenters. The van der Waals surface area contributed by atoms with Gasteiger partial charge in [0.25, 0.3) is 11.8 Å². The van der Waals surface area contributed by atoms with E-state index in [0.717, 1.165) is 9.79 Å². The van der Waals surface area contributed by atoms with Crippen LogP contribution in [0.25, 0.3) is 0 Å². The lowest BCUT2D eigenvalue weighted by Crippen LogP contribution is -2.31. The van der Waals surface area contributed by atoms with Crippen molar-refractivity contribution < 1.29 is 14.4 Å². The fourth-order valence-corrected chi connectivity index (χ4v) is 4.99. The van der Waals surface area contributed by atoms with Crippen molar-refractivity contribution in [3.05, 3.63) is 100 Å². The van der Waals surface area contributed by atoms with Gasteiger partial charge in [0.2, 0.25) is 0 Å². The average molecular weight is 462 g/mol. The van der Waals surface area contributed by atoms with Gasteiger partial charge in [0.05, 0.1) is 15.5 Å². The number of amides is 2. The predicted octanol–water partition coefficient (Wildman–Crippen LogP) is 6.58. The van der Waals surface area contributed by atoms with Gasteiger partial charge in [0.1, 0.15) is 0 Å². The average Bonchev–Trinajstić information content (AvgIpc) is 3.05. The van der Waals surface area contributed by atoms with E-state index in [1.54, 1.807) is 24.3 Å². The number of Topliss-reactive ketones (excluding diaryl/α,β-unsaturated/α-hetero) is 1. The number of thioether (sulfide) groups is 2. The standard InChI is InChI=1S/C24H17NO3S2.C2H6/c1-16(26)17-12-14-18(15-13-17)25-23(27)21(29-19-8-4-2-5-9-19)22(24(25)28)30-20-10-6-3-7-11-20;1-2/h2-15H,1H3;1-2H3. The Morgan fingerprint density at radius 1 is 0.656 bits per heavy atom. The minimum atomic E-state index is -0.358. The first-order chi connectivity index (χ1) is 15.5. The third-order valence-electron chi connectivity index (χ3n) is 4.46. The minimum absolute atomic E-state index is 0.0700. The van der Waals surface area contributed by atoms with Gasteiger partial charge in [-0.1, -0.05) is 73.8 Å². The normalized spacial score (nSPS) is 13.2. The maximum Gasteiger partial charge on any atom is 0.273 e. The van der Waals surface area contributed by atoms with Gasteiger partial charge in [-0.15, -0.1) is 0 Å². The quantitative estimate of drug-likeness (QED) is 0.306. The number of hydrogen-bond acceptors (Lipinski definition) is 5. The highest BCUT2D eigenvalue weighted by molar-refractivity contribution is 8.08. The second kappa shape index (κ2) is 11.0. The van der Waals surface area contributed by atoms with Crippen LogP contribution in [0.5, 0.6) is 0 Å². The van der Waals surface area contributed by atoms with Crippen molar-refractivity contribution in [2.24, 2.45) is 0 Å². The van der Waals surface area contributed by atoms with Gasteiger partial charge in [-0.25, -0.2) is 4.90 Å². The Morgan fingerprint density at radius 3 is 1.44 bits per heavy atom. The van der Waals surface area contributed by atoms with Crippen molar-refractivity contribution in [1.82, 2.24) is 0 Å². The number of hydrogen-bond donors (Lipinski definition) is 0. The number of anilines is 1. The Bertz CT molecular complexity index is 1080. The molecule has 0 N–H and O–H groups in total. The molecule has 0 fully saturated rings. The molecule has 0 spiro atoms. The zero-order valence-corrected chi connectivity index (χ0v) is 19.7. The van der Waals surface area contributed by atoms with Crippen LogP contribution < -0.4 is 4.90 Å². The Hall–Kier alpha value is -3.09. The summed E-state index contributed by atoms with van der Waals surface area (Å²) in [5, 5.41) is 0. The third kappa shape index (κ3) is 5.21. The SMILES string of the molecule is CC.CC(=O)c1ccc(N2C(=O)C(Sc3ccccc3)=C(Sc3ccccc3)C2=O)cc1. The van der Waals surface area contributed by atoms with Gasteiger partial charge in [0, 0.05) is 15.4 Å². The molecule has 4 rings (SSSR count). The van der Waals surface area contributed by atoms with Gasteiger partial charge in [0.15, 0.2) is 5.78 Å². The molecule has 2 amide bonds. The van der Waals surface area contributed by atoms with Crippen molar-refractivity contribution in [1.29, 1.82) is 0 Å². The Balaban J connectivity index is 0.00000141. The second-order valence-electron chi connectivity index (χ2n) is 6.54. The zero-order valence-electron chi connectivity index (χ0n) is 18.1. The summed E-state index contributed by atoms with van der Waals surface area (Å²) in [5.41, 5.74) is 0.980. The Kier molecular flexibility index (Phi) is 8.09. The van der Waals surface area contributed by atoms with Crippen LogP contribution in [0.3, 0.4) is 0 Å². The van der Waals surface area contributed by atoms with E-state index < -0.39 is 0 Å². The summed E-state index contributed by atoms with van der Waals surface area (Å²) in [5.74, 6) is -0.787. The fraction of sp³-hybridized carbons (Fsp3) is 0.115. The summed E-state index contributed by atoms with van der Waals surface area (Å²) < 4.78 is 0. The van der Waals surface area contributed by atoms with E-state index in [-0.39, 0.29) is 17.6 Å². The highest BCUT2D eigenvalue weighted by Crippen LogP contribution is 2.43. The molecule has 1 aliphatic rings. The van der Waals surface area contributed by atoms with Crippen LogP contribution in [0.4, 0.5) is 5.69 Å². The molecule has 32 heavy (non-hydrogen) atoms. The molecule has 1 aliphatic heterocycles. The zero-order chi connectivity index (χ0) is 23.1. The molecular weight excluding hydrogens is 438 g/mol. The number of ketones is 1. The molecule has 0 aromatic heterocycles. The molecule has 3 aromatic rings. The van der Waals surface area contributed by atoms with E-state index in [9.17, 15) is 14.4 Å². The van der Waals surface area contributed by atoms with Crippen LogP contribution in [-0.4, -0.2) is 17.6 Å². The summed E-state index contributed by atoms with van der Waals surface area (Å²) >= 11 is 2.58. The van der Waals surface area contributed by atoms with Crippen molar-refractivity contribution in [2.75, 3.05) is 4.90 Å². The molecule has 0 saturated carbocycles. The van der Waals surface area contributed by atoms with Gasteiger partial charge in [-0.05, 0) is 55.5 Å². The smallest absolute Gasteiger partial charge is 0.273 e. The molecule has 6 heteroatoms. The topological polar surface area (TPSA) is 54.5 Å². The highest BCUT2D eigenvalue weighted by atomic mass is 32.2. The summed E-state index contributed by atoms with van der Waals surface area (Å²) in [6, 6.07) is 25.5. The molecule has 0 aliphatic carbocycles. The molecule has 0 radical (unpaired) electrons. The van der Waals surface area contributed by atoms with Crippen molar-refractivity contribution in [3.63, 3.8) is 0 Å². The first kappa shape index (κ1) is 23.6. The van der Waals surface area contributed by atoms with E-state index in [1.165, 1.54) is 35.3 Å². The van der Waals surface area contributed by atoms with E-state index in [2.05, 4.69) is 0 Å². The van der Waals surface area contributed by atoms with Gasteiger partial charge >= 0.3 is 0 Å². The Morgan fingerprint density at radius 2 is 1.06 bits per heavy atom. The van der Waals surface area contributed by atoms with Crippen LogP contribution in [0, 0.1) is 0 Å². The molecule has 3 aromatic carbocycles. The number of carbonyl (C=O) groups excluding carboxylic acids is 3. The molecular formula is C26H23NO3S2. The van der Waals surface area contributed by atoms with Crippen molar-refractivity contribution in [3.8, 4) is 0 Å². The first-order valence-corrected chi connectivity index (χ1v) is 11.9. The summed E-state index contributed by atoms with van der Waals surface area (Å²) in [4.78, 5) is 41.9. The van der Waals surface area contributed by atoms with Crippen LogP contribution >= 0.6 is 23.5 Å². The van der Waals surface area contributed by atoms with Gasteiger partial charge in [-0.2, -0.15) is 0 Å². The van der Waals surface area contributed by atoms with E-state index >= 15 is 0 Å². The first-order valence-electron chi connectivity index (χ1n) is 10.2. The number of rotatable bonds is 6. The second-order valence-corrected chi connectivity index (χ2v) is 8.70. The van der Waals surface area contributed by atoms with Crippen LogP contribution in [-0.2, 0) is 9.59 Å². The van der Waals surface area contributed by atoms with E-state index in [0.29, 0.717) is 21.1 Å². The lowest BCUT2D eigenvalue weighted by Gasteiger charge is -2.15. The molecule has 4 nitrogen and oxygen atoms in total. The fourth-order valence-electron chi connectivity index (χ4n) is 2.96. The van der Waals surface area contributed by atoms with Crippen molar-refractivity contribution >= 4 is 46.8 Å². The molecule has 0 bridgehead atoms. The number of nitrogens with zero attached hydrogens (tertiary/aromatic N) is 1. The molecule has 1 heterocycles. The van der Waals surface area contributed by atoms with Crippen LogP contribution in [0.2, 0.25) is 0 Å². The summed E-state index contributed by atoms with van der Waals surface area (Å²) in [6.07, 6.45) is 0. The van der Waals surface area contributed by atoms with E-state index in [4.69, 9.17) is 0 Å². The number of carbonyl (C=O) groups is 3. The predicted molar refractivity (Wildman–Crippen MR) is 132 cm³/mol. The summed E-state index contributed by atoms with van der Waals surface area (Å²) in [6.45, 7) is 5.48. The maximum absolute atomic E-state index is 13.3. The molecule has 162 valence electrons. The molecule has 0 unspecified atom stereocenters. The minimum Gasteiger partial charge on any atom is -0.295 e. The lowest BCUT2D eigenvalue weighted by atomic mass is 10.1. The van der Waals surface area contributed by atoms with Crippen LogP contribution in [0.15, 0.2) is 105 Å². The van der Waals surface area contributed by atoms with Gasteiger partial charge < -0.3 is 0 Å². The monoisotopic (exact) mass is 461 g/mol. The number of imide groups is 1. The maximum atomic E-state index is 13.3.